The molecule has 1 N–H and O–H groups in total. The summed E-state index contributed by atoms with van der Waals surface area (Å²) in [4.78, 5) is 29.7. The van der Waals surface area contributed by atoms with Gasteiger partial charge in [-0.05, 0) is 38.1 Å². The second kappa shape index (κ2) is 8.19. The third kappa shape index (κ3) is 4.40. The van der Waals surface area contributed by atoms with Gasteiger partial charge in [-0.1, -0.05) is 29.8 Å². The normalized spacial score (nSPS) is 11.7. The van der Waals surface area contributed by atoms with Crippen LogP contribution in [0.2, 0.25) is 0 Å². The molecule has 0 aliphatic carbocycles. The van der Waals surface area contributed by atoms with E-state index in [9.17, 15) is 22.8 Å². The molecule has 0 aliphatic heterocycles. The molecule has 2 aromatic carbocycles. The van der Waals surface area contributed by atoms with Crippen LogP contribution in [0.3, 0.4) is 0 Å². The number of benzene rings is 2. The molecule has 4 rings (SSSR count). The maximum absolute atomic E-state index is 12.9. The number of amides is 1. The highest BCUT2D eigenvalue weighted by Crippen LogP contribution is 2.30. The predicted molar refractivity (Wildman–Crippen MR) is 117 cm³/mol. The number of hydrogen-bond donors (Lipinski definition) is 1. The minimum Gasteiger partial charge on any atom is -0.324 e. The molecule has 0 atom stereocenters. The minimum absolute atomic E-state index is 0.181. The molecule has 0 fully saturated rings. The molecule has 0 saturated carbocycles. The van der Waals surface area contributed by atoms with Crippen LogP contribution in [-0.2, 0) is 17.5 Å². The molecule has 2 heterocycles. The molecule has 0 bridgehead atoms. The van der Waals surface area contributed by atoms with Crippen molar-refractivity contribution in [2.45, 2.75) is 26.6 Å². The monoisotopic (exact) mass is 458 g/mol. The van der Waals surface area contributed by atoms with Crippen molar-refractivity contribution in [3.05, 3.63) is 75.0 Å². The number of carbonyl (C=O) groups is 1. The molecule has 0 radical (unpaired) electrons. The fourth-order valence-corrected chi connectivity index (χ4v) is 4.07. The van der Waals surface area contributed by atoms with Crippen LogP contribution in [0.15, 0.2) is 53.3 Å². The maximum Gasteiger partial charge on any atom is 0.416 e. The van der Waals surface area contributed by atoms with Crippen LogP contribution in [-0.4, -0.2) is 20.7 Å². The molecule has 10 heteroatoms. The summed E-state index contributed by atoms with van der Waals surface area (Å²) in [5.74, 6) is -0.597. The summed E-state index contributed by atoms with van der Waals surface area (Å²) in [6.07, 6.45) is -4.47. The first kappa shape index (κ1) is 21.7. The number of thiazole rings is 1. The number of halogens is 3. The Balaban J connectivity index is 1.65. The van der Waals surface area contributed by atoms with Crippen LogP contribution in [0.4, 0.5) is 18.9 Å². The Kier molecular flexibility index (Phi) is 5.55. The number of hydrogen-bond acceptors (Lipinski definition) is 5. The third-order valence-electron chi connectivity index (χ3n) is 4.72. The van der Waals surface area contributed by atoms with E-state index in [4.69, 9.17) is 0 Å². The molecule has 0 aliphatic rings. The number of rotatable bonds is 4. The average Bonchev–Trinajstić information content (AvgIpc) is 3.12. The van der Waals surface area contributed by atoms with Gasteiger partial charge >= 0.3 is 6.18 Å². The first-order chi connectivity index (χ1) is 15.1. The van der Waals surface area contributed by atoms with Crippen molar-refractivity contribution in [2.75, 3.05) is 5.32 Å². The molecule has 0 spiro atoms. The van der Waals surface area contributed by atoms with Crippen LogP contribution >= 0.6 is 11.3 Å². The summed E-state index contributed by atoms with van der Waals surface area (Å²) in [6.45, 7) is 3.33. The van der Waals surface area contributed by atoms with Crippen LogP contribution in [0.5, 0.6) is 0 Å². The van der Waals surface area contributed by atoms with Crippen LogP contribution in [0.25, 0.3) is 21.5 Å². The van der Waals surface area contributed by atoms with Crippen molar-refractivity contribution in [3.63, 3.8) is 0 Å². The molecular weight excluding hydrogens is 441 g/mol. The van der Waals surface area contributed by atoms with Gasteiger partial charge in [0.05, 0.1) is 15.3 Å². The molecular formula is C22H17F3N4O2S. The van der Waals surface area contributed by atoms with Gasteiger partial charge in [-0.2, -0.15) is 18.3 Å². The molecule has 1 amide bonds. The standard InChI is InChI=1S/C22H17F3N4O2S/c1-12-3-5-14(6-4-12)18-20-19(26-13(2)32-20)21(31)29(28-18)11-17(30)27-16-9-7-15(8-10-16)22(23,24)25/h3-10H,11H2,1-2H3,(H,27,30). The summed E-state index contributed by atoms with van der Waals surface area (Å²) >= 11 is 1.35. The van der Waals surface area contributed by atoms with E-state index >= 15 is 0 Å². The van der Waals surface area contributed by atoms with Crippen LogP contribution in [0.1, 0.15) is 16.1 Å². The number of nitrogens with one attached hydrogen (secondary N) is 1. The average molecular weight is 458 g/mol. The lowest BCUT2D eigenvalue weighted by Gasteiger charge is -2.11. The summed E-state index contributed by atoms with van der Waals surface area (Å²) in [5.41, 5.74) is 1.45. The Bertz CT molecular complexity index is 1360. The van der Waals surface area contributed by atoms with E-state index in [0.717, 1.165) is 40.1 Å². The molecule has 0 saturated heterocycles. The van der Waals surface area contributed by atoms with E-state index in [1.54, 1.807) is 6.92 Å². The van der Waals surface area contributed by atoms with E-state index < -0.39 is 29.8 Å². The number of alkyl halides is 3. The Morgan fingerprint density at radius 1 is 1.06 bits per heavy atom. The van der Waals surface area contributed by atoms with E-state index in [-0.39, 0.29) is 11.2 Å². The fourth-order valence-electron chi connectivity index (χ4n) is 3.15. The van der Waals surface area contributed by atoms with Gasteiger partial charge in [0.15, 0.2) is 5.52 Å². The van der Waals surface area contributed by atoms with Crippen molar-refractivity contribution < 1.29 is 18.0 Å². The van der Waals surface area contributed by atoms with Gasteiger partial charge in [0.1, 0.15) is 12.2 Å². The molecule has 4 aromatic rings. The number of anilines is 1. The Hall–Kier alpha value is -3.53. The largest absolute Gasteiger partial charge is 0.416 e. The highest BCUT2D eigenvalue weighted by atomic mass is 32.1. The number of carbonyl (C=O) groups excluding carboxylic acids is 1. The third-order valence-corrected chi connectivity index (χ3v) is 5.70. The van der Waals surface area contributed by atoms with Crippen LogP contribution < -0.4 is 10.9 Å². The fraction of sp³-hybridized carbons (Fsp3) is 0.182. The summed E-state index contributed by atoms with van der Waals surface area (Å²) in [5, 5.41) is 7.59. The van der Waals surface area contributed by atoms with Crippen molar-refractivity contribution in [1.82, 2.24) is 14.8 Å². The zero-order chi connectivity index (χ0) is 23.0. The zero-order valence-electron chi connectivity index (χ0n) is 17.0. The summed E-state index contributed by atoms with van der Waals surface area (Å²) in [7, 11) is 0. The van der Waals surface area contributed by atoms with Gasteiger partial charge in [-0.3, -0.25) is 9.59 Å². The first-order valence-corrected chi connectivity index (χ1v) is 10.4. The molecule has 2 aromatic heterocycles. The van der Waals surface area contributed by atoms with Gasteiger partial charge in [0.25, 0.3) is 5.56 Å². The highest BCUT2D eigenvalue weighted by molar-refractivity contribution is 7.19. The Morgan fingerprint density at radius 3 is 2.34 bits per heavy atom. The number of fused-ring (bicyclic) bond motifs is 1. The zero-order valence-corrected chi connectivity index (χ0v) is 17.8. The smallest absolute Gasteiger partial charge is 0.324 e. The quantitative estimate of drug-likeness (QED) is 0.477. The topological polar surface area (TPSA) is 76.9 Å². The molecule has 164 valence electrons. The van der Waals surface area contributed by atoms with Gasteiger partial charge in [-0.15, -0.1) is 11.3 Å². The lowest BCUT2D eigenvalue weighted by atomic mass is 10.1. The van der Waals surface area contributed by atoms with Crippen molar-refractivity contribution >= 4 is 33.1 Å². The highest BCUT2D eigenvalue weighted by Gasteiger charge is 2.30. The first-order valence-electron chi connectivity index (χ1n) is 9.54. The van der Waals surface area contributed by atoms with Crippen LogP contribution in [0, 0.1) is 13.8 Å². The summed E-state index contributed by atoms with van der Waals surface area (Å²) in [6, 6.07) is 11.7. The van der Waals surface area contributed by atoms with Gasteiger partial charge in [-0.25, -0.2) is 9.67 Å². The van der Waals surface area contributed by atoms with E-state index in [0.29, 0.717) is 15.4 Å². The molecule has 32 heavy (non-hydrogen) atoms. The maximum atomic E-state index is 12.9. The SMILES string of the molecule is Cc1ccc(-c2nn(CC(=O)Nc3ccc(C(F)(F)F)cc3)c(=O)c3nc(C)sc23)cc1. The van der Waals surface area contributed by atoms with Crippen molar-refractivity contribution in [3.8, 4) is 11.3 Å². The van der Waals surface area contributed by atoms with Crippen molar-refractivity contribution in [1.29, 1.82) is 0 Å². The van der Waals surface area contributed by atoms with Crippen molar-refractivity contribution in [2.24, 2.45) is 0 Å². The van der Waals surface area contributed by atoms with E-state index in [2.05, 4.69) is 15.4 Å². The molecule has 0 unspecified atom stereocenters. The second-order valence-electron chi connectivity index (χ2n) is 7.21. The summed E-state index contributed by atoms with van der Waals surface area (Å²) < 4.78 is 39.8. The number of aryl methyl sites for hydroxylation is 2. The lowest BCUT2D eigenvalue weighted by Crippen LogP contribution is -2.30. The Morgan fingerprint density at radius 2 is 1.72 bits per heavy atom. The molecule has 6 nitrogen and oxygen atoms in total. The lowest BCUT2D eigenvalue weighted by molar-refractivity contribution is -0.137. The second-order valence-corrected chi connectivity index (χ2v) is 8.41. The predicted octanol–water partition coefficient (Wildman–Crippen LogP) is 4.79. The van der Waals surface area contributed by atoms with Gasteiger partial charge in [0, 0.05) is 11.3 Å². The van der Waals surface area contributed by atoms with E-state index in [1.165, 1.54) is 11.3 Å². The Labute approximate surface area is 184 Å². The number of nitrogens with zero attached hydrogens (tertiary/aromatic N) is 3. The number of aromatic nitrogens is 3. The minimum atomic E-state index is -4.47. The van der Waals surface area contributed by atoms with Gasteiger partial charge < -0.3 is 5.32 Å². The van der Waals surface area contributed by atoms with Gasteiger partial charge in [0.2, 0.25) is 5.91 Å². The van der Waals surface area contributed by atoms with E-state index in [1.807, 2.05) is 31.2 Å².